The molecule has 1 aliphatic carbocycles. The fourth-order valence-corrected chi connectivity index (χ4v) is 6.15. The van der Waals surface area contributed by atoms with Gasteiger partial charge in [-0.05, 0) is 42.0 Å². The van der Waals surface area contributed by atoms with Gasteiger partial charge in [0.1, 0.15) is 6.04 Å². The molecule has 2 aromatic carbocycles. The van der Waals surface area contributed by atoms with Crippen LogP contribution in [-0.2, 0) is 27.2 Å². The van der Waals surface area contributed by atoms with Crippen molar-refractivity contribution in [3.8, 4) is 0 Å². The van der Waals surface area contributed by atoms with E-state index in [1.807, 2.05) is 61.2 Å². The van der Waals surface area contributed by atoms with Gasteiger partial charge in [-0.2, -0.15) is 0 Å². The van der Waals surface area contributed by atoms with Gasteiger partial charge in [0.2, 0.25) is 11.8 Å². The summed E-state index contributed by atoms with van der Waals surface area (Å²) in [7, 11) is 0. The molecule has 0 radical (unpaired) electrons. The van der Waals surface area contributed by atoms with Gasteiger partial charge in [-0.3, -0.25) is 14.5 Å². The second kappa shape index (κ2) is 15.4. The van der Waals surface area contributed by atoms with Crippen LogP contribution in [0.25, 0.3) is 0 Å². The molecule has 1 aliphatic heterocycles. The number of nitrogens with zero attached hydrogens (tertiary/aromatic N) is 2. The first-order valence-electron chi connectivity index (χ1n) is 15.3. The first kappa shape index (κ1) is 31.8. The van der Waals surface area contributed by atoms with Crippen LogP contribution in [0.1, 0.15) is 57.1 Å². The van der Waals surface area contributed by atoms with Gasteiger partial charge in [-0.1, -0.05) is 87.2 Å². The van der Waals surface area contributed by atoms with Crippen molar-refractivity contribution in [3.05, 3.63) is 70.7 Å². The number of carbonyl (C=O) groups excluding carboxylic acids is 3. The molecule has 4 rings (SSSR count). The molecule has 2 fully saturated rings. The summed E-state index contributed by atoms with van der Waals surface area (Å²) in [6, 6.07) is 16.4. The van der Waals surface area contributed by atoms with Crippen molar-refractivity contribution in [1.29, 1.82) is 0 Å². The lowest BCUT2D eigenvalue weighted by molar-refractivity contribution is -0.136. The average Bonchev–Trinajstić information content (AvgIpc) is 3.00. The zero-order chi connectivity index (χ0) is 30.0. The van der Waals surface area contributed by atoms with Gasteiger partial charge in [0.25, 0.3) is 0 Å². The topological polar surface area (TPSA) is 91.0 Å². The first-order valence-corrected chi connectivity index (χ1v) is 15.6. The van der Waals surface area contributed by atoms with Crippen molar-refractivity contribution in [2.45, 2.75) is 70.4 Å². The monoisotopic (exact) mass is 596 g/mol. The lowest BCUT2D eigenvalue weighted by Gasteiger charge is -2.50. The molecule has 9 heteroatoms. The summed E-state index contributed by atoms with van der Waals surface area (Å²) in [5.74, 6) is 0.130. The molecule has 228 valence electrons. The Morgan fingerprint density at radius 3 is 2.21 bits per heavy atom. The molecule has 1 saturated carbocycles. The predicted molar refractivity (Wildman–Crippen MR) is 165 cm³/mol. The van der Waals surface area contributed by atoms with E-state index in [-0.39, 0.29) is 29.9 Å². The van der Waals surface area contributed by atoms with Gasteiger partial charge in [0, 0.05) is 49.7 Å². The van der Waals surface area contributed by atoms with Gasteiger partial charge < -0.3 is 20.3 Å². The van der Waals surface area contributed by atoms with Crippen molar-refractivity contribution in [3.63, 3.8) is 0 Å². The summed E-state index contributed by atoms with van der Waals surface area (Å²) >= 11 is 6.06. The van der Waals surface area contributed by atoms with E-state index in [4.69, 9.17) is 16.3 Å². The van der Waals surface area contributed by atoms with Crippen LogP contribution in [0, 0.1) is 5.92 Å². The highest BCUT2D eigenvalue weighted by atomic mass is 35.5. The summed E-state index contributed by atoms with van der Waals surface area (Å²) < 4.78 is 5.34. The molecule has 1 heterocycles. The van der Waals surface area contributed by atoms with E-state index in [1.54, 1.807) is 12.1 Å². The van der Waals surface area contributed by atoms with Gasteiger partial charge in [0.15, 0.2) is 0 Å². The summed E-state index contributed by atoms with van der Waals surface area (Å²) in [4.78, 5) is 43.5. The zero-order valence-corrected chi connectivity index (χ0v) is 25.7. The standard InChI is InChI=1S/C33H45ClN4O4/c1-25(2)23-42-32(41)36-29(21-27-11-13-28(34)14-12-27)31(40)37-17-19-38(20-18-37)33(15-7-4-8-16-33)24-35-30(39)22-26-9-5-3-6-10-26/h3,5-6,9-14,25,29H,4,7-8,15-24H2,1-2H3,(H,35,39)(H,36,41)/t29-/m1/s1. The van der Waals surface area contributed by atoms with Crippen LogP contribution in [0.2, 0.25) is 5.02 Å². The molecule has 1 atom stereocenters. The van der Waals surface area contributed by atoms with Crippen LogP contribution in [0.5, 0.6) is 0 Å². The summed E-state index contributed by atoms with van der Waals surface area (Å²) in [5, 5.41) is 6.67. The van der Waals surface area contributed by atoms with Crippen LogP contribution in [0.15, 0.2) is 54.6 Å². The normalized spacial score (nSPS) is 17.9. The highest BCUT2D eigenvalue weighted by molar-refractivity contribution is 6.30. The van der Waals surface area contributed by atoms with Crippen molar-refractivity contribution < 1.29 is 19.1 Å². The van der Waals surface area contributed by atoms with Crippen LogP contribution in [0.3, 0.4) is 0 Å². The van der Waals surface area contributed by atoms with Gasteiger partial charge >= 0.3 is 6.09 Å². The van der Waals surface area contributed by atoms with Gasteiger partial charge in [0.05, 0.1) is 13.0 Å². The number of benzene rings is 2. The minimum atomic E-state index is -0.738. The number of halogens is 1. The Morgan fingerprint density at radius 1 is 0.905 bits per heavy atom. The second-order valence-electron chi connectivity index (χ2n) is 12.1. The molecule has 2 aromatic rings. The highest BCUT2D eigenvalue weighted by Crippen LogP contribution is 2.34. The Bertz CT molecular complexity index is 1160. The molecule has 42 heavy (non-hydrogen) atoms. The largest absolute Gasteiger partial charge is 0.449 e. The molecular weight excluding hydrogens is 552 g/mol. The van der Waals surface area contributed by atoms with Crippen molar-refractivity contribution in [2.24, 2.45) is 5.92 Å². The Kier molecular flexibility index (Phi) is 11.7. The lowest BCUT2D eigenvalue weighted by Crippen LogP contribution is -2.63. The second-order valence-corrected chi connectivity index (χ2v) is 12.5. The van der Waals surface area contributed by atoms with Crippen molar-refractivity contribution in [2.75, 3.05) is 39.3 Å². The number of nitrogens with one attached hydrogen (secondary N) is 2. The van der Waals surface area contributed by atoms with E-state index in [9.17, 15) is 14.4 Å². The van der Waals surface area contributed by atoms with Crippen LogP contribution >= 0.6 is 11.6 Å². The number of rotatable bonds is 11. The Hall–Kier alpha value is -3.10. The Labute approximate surface area is 255 Å². The van der Waals surface area contributed by atoms with Crippen molar-refractivity contribution in [1.82, 2.24) is 20.4 Å². The van der Waals surface area contributed by atoms with E-state index in [2.05, 4.69) is 15.5 Å². The lowest BCUT2D eigenvalue weighted by atomic mass is 9.79. The van der Waals surface area contributed by atoms with E-state index < -0.39 is 12.1 Å². The smallest absolute Gasteiger partial charge is 0.407 e. The highest BCUT2D eigenvalue weighted by Gasteiger charge is 2.40. The molecule has 0 spiro atoms. The molecule has 1 saturated heterocycles. The van der Waals surface area contributed by atoms with E-state index >= 15 is 0 Å². The number of ether oxygens (including phenoxy) is 1. The zero-order valence-electron chi connectivity index (χ0n) is 24.9. The van der Waals surface area contributed by atoms with Gasteiger partial charge in [-0.15, -0.1) is 0 Å². The van der Waals surface area contributed by atoms with E-state index in [0.717, 1.165) is 49.9 Å². The maximum Gasteiger partial charge on any atom is 0.407 e. The average molecular weight is 597 g/mol. The number of piperazine rings is 1. The third kappa shape index (κ3) is 9.20. The summed E-state index contributed by atoms with van der Waals surface area (Å²) in [5.41, 5.74) is 1.82. The molecule has 8 nitrogen and oxygen atoms in total. The molecule has 2 N–H and O–H groups in total. The minimum Gasteiger partial charge on any atom is -0.449 e. The predicted octanol–water partition coefficient (Wildman–Crippen LogP) is 4.84. The molecule has 2 aliphatic rings. The number of hydrogen-bond acceptors (Lipinski definition) is 5. The SMILES string of the molecule is CC(C)COC(=O)N[C@H](Cc1ccc(Cl)cc1)C(=O)N1CCN(C2(CNC(=O)Cc3ccccc3)CCCCC2)CC1. The fraction of sp³-hybridized carbons (Fsp3) is 0.545. The number of alkyl carbamates (subject to hydrolysis) is 1. The maximum absolute atomic E-state index is 13.7. The number of amides is 3. The van der Waals surface area contributed by atoms with E-state index in [1.165, 1.54) is 6.42 Å². The Morgan fingerprint density at radius 2 is 1.57 bits per heavy atom. The molecule has 0 aromatic heterocycles. The van der Waals surface area contributed by atoms with Crippen LogP contribution in [0.4, 0.5) is 4.79 Å². The van der Waals surface area contributed by atoms with Crippen molar-refractivity contribution >= 4 is 29.5 Å². The third-order valence-corrected chi connectivity index (χ3v) is 8.61. The Balaban J connectivity index is 1.38. The number of hydrogen-bond donors (Lipinski definition) is 2. The molecule has 0 bridgehead atoms. The summed E-state index contributed by atoms with van der Waals surface area (Å²) in [6.07, 6.45) is 5.71. The van der Waals surface area contributed by atoms with Crippen LogP contribution < -0.4 is 10.6 Å². The first-order chi connectivity index (χ1) is 20.2. The molecular formula is C33H45ClN4O4. The fourth-order valence-electron chi connectivity index (χ4n) is 6.03. The van der Waals surface area contributed by atoms with E-state index in [0.29, 0.717) is 37.5 Å². The van der Waals surface area contributed by atoms with Gasteiger partial charge in [-0.25, -0.2) is 4.79 Å². The molecule has 0 unspecified atom stereocenters. The minimum absolute atomic E-state index is 0.0421. The number of carbonyl (C=O) groups is 3. The quantitative estimate of drug-likeness (QED) is 0.387. The van der Waals surface area contributed by atoms with Crippen LogP contribution in [-0.4, -0.2) is 78.6 Å². The third-order valence-electron chi connectivity index (χ3n) is 8.36. The maximum atomic E-state index is 13.7. The molecule has 3 amide bonds. The summed E-state index contributed by atoms with van der Waals surface area (Å²) in [6.45, 7) is 7.44.